The van der Waals surface area contributed by atoms with E-state index in [2.05, 4.69) is 20.2 Å². The Morgan fingerprint density at radius 3 is 2.73 bits per heavy atom. The van der Waals surface area contributed by atoms with E-state index in [0.29, 0.717) is 17.0 Å². The maximum absolute atomic E-state index is 13.2. The van der Waals surface area contributed by atoms with E-state index in [9.17, 15) is 4.79 Å². The van der Waals surface area contributed by atoms with Gasteiger partial charge in [0.1, 0.15) is 11.5 Å². The van der Waals surface area contributed by atoms with Crippen molar-refractivity contribution in [3.63, 3.8) is 0 Å². The molecule has 2 aromatic heterocycles. The second-order valence-electron chi connectivity index (χ2n) is 7.45. The molecule has 160 valence electrons. The van der Waals surface area contributed by atoms with Gasteiger partial charge in [0.15, 0.2) is 0 Å². The molecule has 0 radical (unpaired) electrons. The van der Waals surface area contributed by atoms with Crippen molar-refractivity contribution in [2.45, 2.75) is 13.3 Å². The lowest BCUT2D eigenvalue weighted by Crippen LogP contribution is -2.29. The van der Waals surface area contributed by atoms with Crippen LogP contribution in [0.5, 0.6) is 0 Å². The van der Waals surface area contributed by atoms with Gasteiger partial charge in [-0.25, -0.2) is 4.98 Å². The number of aromatic nitrogens is 2. The summed E-state index contributed by atoms with van der Waals surface area (Å²) in [4.78, 5) is 24.6. The molecular weight excluding hydrogens is 372 g/mol. The third-order valence-corrected chi connectivity index (χ3v) is 5.25. The average molecular weight is 407 g/mol. The molecule has 1 saturated heterocycles. The Morgan fingerprint density at radius 2 is 1.87 bits per heavy atom. The molecule has 0 saturated carbocycles. The van der Waals surface area contributed by atoms with E-state index in [4.69, 9.17) is 0 Å². The summed E-state index contributed by atoms with van der Waals surface area (Å²) in [6, 6.07) is 17.6. The summed E-state index contributed by atoms with van der Waals surface area (Å²) in [6.45, 7) is 5.65. The first-order chi connectivity index (χ1) is 14.7. The van der Waals surface area contributed by atoms with Crippen molar-refractivity contribution < 1.29 is 10.5 Å². The van der Waals surface area contributed by atoms with Gasteiger partial charge < -0.3 is 10.2 Å². The third kappa shape index (κ3) is 4.81. The highest BCUT2D eigenvalue weighted by atomic mass is 16.1. The van der Waals surface area contributed by atoms with Gasteiger partial charge in [0, 0.05) is 42.8 Å². The fourth-order valence-electron chi connectivity index (χ4n) is 3.57. The zero-order valence-corrected chi connectivity index (χ0v) is 17.2. The second kappa shape index (κ2) is 9.46. The lowest BCUT2D eigenvalue weighted by Gasteiger charge is -2.21. The molecule has 4 rings (SSSR count). The largest absolute Gasteiger partial charge is 0.355 e. The summed E-state index contributed by atoms with van der Waals surface area (Å²) in [5, 5.41) is 3.40. The zero-order valence-electron chi connectivity index (χ0n) is 17.2. The van der Waals surface area contributed by atoms with Crippen LogP contribution in [0.4, 0.5) is 5.82 Å². The van der Waals surface area contributed by atoms with E-state index in [-0.39, 0.29) is 11.5 Å². The molecule has 1 aliphatic heterocycles. The number of carbonyl (C=O) groups excluding carboxylic acids is 1. The Morgan fingerprint density at radius 1 is 1.03 bits per heavy atom. The van der Waals surface area contributed by atoms with Gasteiger partial charge in [-0.1, -0.05) is 48.6 Å². The van der Waals surface area contributed by atoms with Crippen molar-refractivity contribution in [1.29, 1.82) is 0 Å². The number of benzene rings is 1. The number of anilines is 1. The molecule has 0 amide bonds. The number of nitrogens with one attached hydrogen (secondary N) is 1. The van der Waals surface area contributed by atoms with Gasteiger partial charge in [0.25, 0.3) is 0 Å². The van der Waals surface area contributed by atoms with E-state index in [1.54, 1.807) is 12.3 Å². The predicted octanol–water partition coefficient (Wildman–Crippen LogP) is 4.97. The fourth-order valence-corrected chi connectivity index (χ4v) is 3.57. The maximum Gasteiger partial charge on any atom is 0.213 e. The summed E-state index contributed by atoms with van der Waals surface area (Å²) < 4.78 is 0. The standard InChI is InChI=1S/C25H26N4O.4H2/c1-19-22(17-21(18-27-19)12-11-20-7-3-2-4-8-20)25(30)23-9-5-10-24(28-23)29-15-6-13-26-14-16-29;;;;/h2-5,7-12,17-18,26H,6,13-16H2,1H3;4*1H/b12-11+;;;;. The molecule has 0 bridgehead atoms. The van der Waals surface area contributed by atoms with Gasteiger partial charge in [-0.3, -0.25) is 9.78 Å². The highest BCUT2D eigenvalue weighted by Crippen LogP contribution is 2.18. The van der Waals surface area contributed by atoms with Gasteiger partial charge in [-0.05, 0) is 49.2 Å². The monoisotopic (exact) mass is 406 g/mol. The smallest absolute Gasteiger partial charge is 0.213 e. The Hall–Kier alpha value is -3.31. The molecule has 0 atom stereocenters. The first kappa shape index (κ1) is 20.0. The Labute approximate surface area is 183 Å². The third-order valence-electron chi connectivity index (χ3n) is 5.25. The number of nitrogens with zero attached hydrogens (tertiary/aromatic N) is 3. The second-order valence-corrected chi connectivity index (χ2v) is 7.45. The average Bonchev–Trinajstić information content (AvgIpc) is 3.08. The summed E-state index contributed by atoms with van der Waals surface area (Å²) in [5.74, 6) is 0.764. The molecule has 0 unspecified atom stereocenters. The molecule has 5 nitrogen and oxygen atoms in total. The molecule has 3 heterocycles. The van der Waals surface area contributed by atoms with Crippen molar-refractivity contribution in [3.8, 4) is 0 Å². The maximum atomic E-state index is 13.2. The van der Waals surface area contributed by atoms with Crippen molar-refractivity contribution in [1.82, 2.24) is 15.3 Å². The number of aryl methyl sites for hydroxylation is 1. The predicted molar refractivity (Wildman–Crippen MR) is 130 cm³/mol. The van der Waals surface area contributed by atoms with E-state index >= 15 is 0 Å². The fraction of sp³-hybridized carbons (Fsp3) is 0.240. The first-order valence-corrected chi connectivity index (χ1v) is 10.4. The number of rotatable bonds is 5. The van der Waals surface area contributed by atoms with Crippen LogP contribution in [0.15, 0.2) is 60.8 Å². The number of hydrogen-bond donors (Lipinski definition) is 1. The van der Waals surface area contributed by atoms with Crippen molar-refractivity contribution in [2.75, 3.05) is 31.1 Å². The van der Waals surface area contributed by atoms with Crippen molar-refractivity contribution in [2.24, 2.45) is 0 Å². The number of pyridine rings is 2. The van der Waals surface area contributed by atoms with Gasteiger partial charge in [0.05, 0.1) is 0 Å². The molecule has 1 aliphatic rings. The van der Waals surface area contributed by atoms with Crippen LogP contribution in [0.1, 0.15) is 45.0 Å². The Kier molecular flexibility index (Phi) is 6.30. The molecule has 0 aliphatic carbocycles. The zero-order chi connectivity index (χ0) is 20.8. The summed E-state index contributed by atoms with van der Waals surface area (Å²) >= 11 is 0. The normalized spacial score (nSPS) is 14.6. The van der Waals surface area contributed by atoms with E-state index in [0.717, 1.165) is 49.5 Å². The molecule has 1 fully saturated rings. The highest BCUT2D eigenvalue weighted by molar-refractivity contribution is 6.08. The number of carbonyl (C=O) groups is 1. The highest BCUT2D eigenvalue weighted by Gasteiger charge is 2.17. The Balaban J connectivity index is 0.00000272. The van der Waals surface area contributed by atoms with Gasteiger partial charge >= 0.3 is 0 Å². The molecule has 3 aromatic rings. The SMILES string of the molecule is Cc1ncc(/C=C/c2ccccc2)cc1C(=O)c1cccc(N2CCCNCC2)n1.[HH].[HH].[HH].[HH]. The summed E-state index contributed by atoms with van der Waals surface area (Å²) in [5.41, 5.74) is 3.75. The van der Waals surface area contributed by atoms with E-state index < -0.39 is 0 Å². The minimum Gasteiger partial charge on any atom is -0.355 e. The van der Waals surface area contributed by atoms with Gasteiger partial charge in [-0.15, -0.1) is 0 Å². The van der Waals surface area contributed by atoms with Crippen LogP contribution >= 0.6 is 0 Å². The summed E-state index contributed by atoms with van der Waals surface area (Å²) in [6.07, 6.45) is 6.86. The number of hydrogen-bond acceptors (Lipinski definition) is 5. The van der Waals surface area contributed by atoms with Crippen LogP contribution in [-0.2, 0) is 0 Å². The van der Waals surface area contributed by atoms with Crippen molar-refractivity contribution in [3.05, 3.63) is 88.9 Å². The first-order valence-electron chi connectivity index (χ1n) is 10.4. The van der Waals surface area contributed by atoms with Gasteiger partial charge in [-0.2, -0.15) is 0 Å². The minimum atomic E-state index is -0.0928. The molecule has 1 N–H and O–H groups in total. The molecule has 1 aromatic carbocycles. The van der Waals surface area contributed by atoms with Crippen LogP contribution in [0.2, 0.25) is 0 Å². The van der Waals surface area contributed by atoms with Crippen LogP contribution in [0, 0.1) is 6.92 Å². The quantitative estimate of drug-likeness (QED) is 0.606. The lowest BCUT2D eigenvalue weighted by atomic mass is 10.0. The van der Waals surface area contributed by atoms with Crippen molar-refractivity contribution >= 4 is 23.8 Å². The molecular formula is C25H34N4O. The molecule has 30 heavy (non-hydrogen) atoms. The minimum absolute atomic E-state index is 0. The van der Waals surface area contributed by atoms with E-state index in [1.165, 1.54) is 0 Å². The lowest BCUT2D eigenvalue weighted by molar-refractivity contribution is 0.103. The topological polar surface area (TPSA) is 58.1 Å². The van der Waals surface area contributed by atoms with E-state index in [1.807, 2.05) is 67.6 Å². The van der Waals surface area contributed by atoms with Gasteiger partial charge in [0.2, 0.25) is 5.78 Å². The molecule has 0 spiro atoms. The molecule has 5 heteroatoms. The van der Waals surface area contributed by atoms with Crippen LogP contribution in [0.3, 0.4) is 0 Å². The Bertz CT molecular complexity index is 1060. The number of ketones is 1. The van der Waals surface area contributed by atoms with Crippen LogP contribution < -0.4 is 10.2 Å². The van der Waals surface area contributed by atoms with Crippen LogP contribution in [-0.4, -0.2) is 41.9 Å². The van der Waals surface area contributed by atoms with Crippen LogP contribution in [0.25, 0.3) is 12.2 Å². The summed E-state index contributed by atoms with van der Waals surface area (Å²) in [7, 11) is 0.